The minimum absolute atomic E-state index is 0.0558. The fourth-order valence-electron chi connectivity index (χ4n) is 1.71. The maximum absolute atomic E-state index is 11.7. The summed E-state index contributed by atoms with van der Waals surface area (Å²) in [4.78, 5) is 22.7. The first-order chi connectivity index (χ1) is 8.93. The molecule has 0 spiro atoms. The Hall–Kier alpha value is -1.47. The van der Waals surface area contributed by atoms with Crippen molar-refractivity contribution in [3.63, 3.8) is 0 Å². The summed E-state index contributed by atoms with van der Waals surface area (Å²) in [5.41, 5.74) is 0. The third-order valence-corrected chi connectivity index (χ3v) is 3.66. The van der Waals surface area contributed by atoms with Gasteiger partial charge in [-0.15, -0.1) is 0 Å². The van der Waals surface area contributed by atoms with Crippen LogP contribution in [0.4, 0.5) is 5.00 Å². The van der Waals surface area contributed by atoms with E-state index in [0.29, 0.717) is 12.5 Å². The van der Waals surface area contributed by atoms with Gasteiger partial charge >= 0.3 is 5.00 Å². The SMILES string of the molecule is CNC(=O)C(CC(C)C)NCc1ccc([N+](=O)[O-])s1. The predicted octanol–water partition coefficient (Wildman–Crippen LogP) is 1.91. The van der Waals surface area contributed by atoms with Crippen LogP contribution in [0, 0.1) is 16.0 Å². The summed E-state index contributed by atoms with van der Waals surface area (Å²) in [5, 5.41) is 16.5. The number of carbonyl (C=O) groups excluding carboxylic acids is 1. The van der Waals surface area contributed by atoms with E-state index in [0.717, 1.165) is 22.6 Å². The molecule has 7 heteroatoms. The summed E-state index contributed by atoms with van der Waals surface area (Å²) in [6.45, 7) is 4.56. The molecule has 0 aliphatic rings. The molecule has 1 rings (SSSR count). The van der Waals surface area contributed by atoms with E-state index in [4.69, 9.17) is 0 Å². The Morgan fingerprint density at radius 3 is 2.63 bits per heavy atom. The molecule has 2 N–H and O–H groups in total. The van der Waals surface area contributed by atoms with Crippen molar-refractivity contribution in [2.75, 3.05) is 7.05 Å². The largest absolute Gasteiger partial charge is 0.358 e. The lowest BCUT2D eigenvalue weighted by molar-refractivity contribution is -0.380. The molecule has 19 heavy (non-hydrogen) atoms. The number of nitro groups is 1. The van der Waals surface area contributed by atoms with E-state index in [1.807, 2.05) is 13.8 Å². The highest BCUT2D eigenvalue weighted by Crippen LogP contribution is 2.23. The summed E-state index contributed by atoms with van der Waals surface area (Å²) in [7, 11) is 1.60. The lowest BCUT2D eigenvalue weighted by atomic mass is 10.0. The molecule has 0 saturated carbocycles. The molecule has 0 aromatic carbocycles. The summed E-state index contributed by atoms with van der Waals surface area (Å²) in [6, 6.07) is 2.93. The molecule has 1 amide bonds. The molecule has 0 aliphatic heterocycles. The molecule has 1 unspecified atom stereocenters. The van der Waals surface area contributed by atoms with Gasteiger partial charge in [-0.25, -0.2) is 0 Å². The van der Waals surface area contributed by atoms with Crippen molar-refractivity contribution in [1.82, 2.24) is 10.6 Å². The smallest absolute Gasteiger partial charge is 0.324 e. The lowest BCUT2D eigenvalue weighted by Crippen LogP contribution is -2.43. The molecule has 0 fully saturated rings. The quantitative estimate of drug-likeness (QED) is 0.592. The van der Waals surface area contributed by atoms with Gasteiger partial charge in [0.05, 0.1) is 11.0 Å². The van der Waals surface area contributed by atoms with Crippen molar-refractivity contribution >= 4 is 22.2 Å². The zero-order valence-corrected chi connectivity index (χ0v) is 12.1. The number of rotatable bonds is 7. The third-order valence-electron chi connectivity index (χ3n) is 2.62. The maximum Gasteiger partial charge on any atom is 0.324 e. The Bertz CT molecular complexity index is 445. The Morgan fingerprint density at radius 2 is 2.16 bits per heavy atom. The highest BCUT2D eigenvalue weighted by atomic mass is 32.1. The molecule has 1 heterocycles. The number of thiophene rings is 1. The normalized spacial score (nSPS) is 12.4. The summed E-state index contributed by atoms with van der Waals surface area (Å²) in [6.07, 6.45) is 0.729. The average molecular weight is 285 g/mol. The van der Waals surface area contributed by atoms with Gasteiger partial charge in [-0.05, 0) is 18.4 Å². The van der Waals surface area contributed by atoms with Crippen LogP contribution in [0.3, 0.4) is 0 Å². The van der Waals surface area contributed by atoms with Crippen LogP contribution in [0.25, 0.3) is 0 Å². The molecule has 106 valence electrons. The molecular weight excluding hydrogens is 266 g/mol. The zero-order valence-electron chi connectivity index (χ0n) is 11.3. The van der Waals surface area contributed by atoms with Gasteiger partial charge in [0.25, 0.3) is 0 Å². The van der Waals surface area contributed by atoms with Gasteiger partial charge in [-0.3, -0.25) is 14.9 Å². The first kappa shape index (κ1) is 15.6. The minimum Gasteiger partial charge on any atom is -0.358 e. The molecular formula is C12H19N3O3S. The fraction of sp³-hybridized carbons (Fsp3) is 0.583. The van der Waals surface area contributed by atoms with Gasteiger partial charge in [-0.2, -0.15) is 0 Å². The van der Waals surface area contributed by atoms with Crippen LogP contribution in [0.15, 0.2) is 12.1 Å². The van der Waals surface area contributed by atoms with Crippen molar-refractivity contribution < 1.29 is 9.72 Å². The molecule has 1 aromatic heterocycles. The first-order valence-electron chi connectivity index (χ1n) is 6.12. The van der Waals surface area contributed by atoms with Crippen LogP contribution in [-0.2, 0) is 11.3 Å². The van der Waals surface area contributed by atoms with Crippen LogP contribution in [-0.4, -0.2) is 23.9 Å². The Balaban J connectivity index is 2.59. The van der Waals surface area contributed by atoms with Crippen molar-refractivity contribution in [3.05, 3.63) is 27.1 Å². The molecule has 1 aromatic rings. The van der Waals surface area contributed by atoms with Crippen molar-refractivity contribution in [1.29, 1.82) is 0 Å². The van der Waals surface area contributed by atoms with Crippen LogP contribution in [0.5, 0.6) is 0 Å². The predicted molar refractivity (Wildman–Crippen MR) is 75.1 cm³/mol. The number of nitrogens with one attached hydrogen (secondary N) is 2. The van der Waals surface area contributed by atoms with Gasteiger partial charge in [-0.1, -0.05) is 25.2 Å². The third kappa shape index (κ3) is 4.96. The monoisotopic (exact) mass is 285 g/mol. The van der Waals surface area contributed by atoms with E-state index < -0.39 is 4.92 Å². The Kier molecular flexibility index (Phi) is 5.91. The summed E-state index contributed by atoms with van der Waals surface area (Å²) in [5.74, 6) is 0.340. The summed E-state index contributed by atoms with van der Waals surface area (Å²) < 4.78 is 0. The molecule has 1 atom stereocenters. The van der Waals surface area contributed by atoms with E-state index in [1.54, 1.807) is 13.1 Å². The van der Waals surface area contributed by atoms with Gasteiger partial charge < -0.3 is 10.6 Å². The van der Waals surface area contributed by atoms with Crippen LogP contribution in [0.2, 0.25) is 0 Å². The second-order valence-corrected chi connectivity index (χ2v) is 5.82. The number of amides is 1. The number of hydrogen-bond acceptors (Lipinski definition) is 5. The maximum atomic E-state index is 11.7. The first-order valence-corrected chi connectivity index (χ1v) is 6.93. The topological polar surface area (TPSA) is 84.3 Å². The van der Waals surface area contributed by atoms with Gasteiger partial charge in [0.2, 0.25) is 5.91 Å². The van der Waals surface area contributed by atoms with Gasteiger partial charge in [0.15, 0.2) is 0 Å². The van der Waals surface area contributed by atoms with Crippen LogP contribution >= 0.6 is 11.3 Å². The van der Waals surface area contributed by atoms with Crippen molar-refractivity contribution in [3.8, 4) is 0 Å². The van der Waals surface area contributed by atoms with Gasteiger partial charge in [0, 0.05) is 24.5 Å². The van der Waals surface area contributed by atoms with E-state index >= 15 is 0 Å². The van der Waals surface area contributed by atoms with E-state index in [2.05, 4.69) is 10.6 Å². The standard InChI is InChI=1S/C12H19N3O3S/c1-8(2)6-10(12(16)13-3)14-7-9-4-5-11(19-9)15(17)18/h4-5,8,10,14H,6-7H2,1-3H3,(H,13,16). The van der Waals surface area contributed by atoms with E-state index in [-0.39, 0.29) is 17.0 Å². The van der Waals surface area contributed by atoms with E-state index in [9.17, 15) is 14.9 Å². The molecule has 0 radical (unpaired) electrons. The molecule has 0 aliphatic carbocycles. The van der Waals surface area contributed by atoms with E-state index in [1.165, 1.54) is 6.07 Å². The van der Waals surface area contributed by atoms with Crippen LogP contribution < -0.4 is 10.6 Å². The van der Waals surface area contributed by atoms with Crippen molar-refractivity contribution in [2.24, 2.45) is 5.92 Å². The highest BCUT2D eigenvalue weighted by molar-refractivity contribution is 7.15. The summed E-state index contributed by atoms with van der Waals surface area (Å²) >= 11 is 1.13. The Labute approximate surface area is 116 Å². The van der Waals surface area contributed by atoms with Crippen molar-refractivity contribution in [2.45, 2.75) is 32.9 Å². The average Bonchev–Trinajstić information content (AvgIpc) is 2.82. The lowest BCUT2D eigenvalue weighted by Gasteiger charge is -2.18. The number of hydrogen-bond donors (Lipinski definition) is 2. The molecule has 6 nitrogen and oxygen atoms in total. The molecule has 0 bridgehead atoms. The van der Waals surface area contributed by atoms with Crippen LogP contribution in [0.1, 0.15) is 25.1 Å². The fourth-order valence-corrected chi connectivity index (χ4v) is 2.48. The zero-order chi connectivity index (χ0) is 14.4. The second-order valence-electron chi connectivity index (χ2n) is 4.67. The second kappa shape index (κ2) is 7.20. The number of likely N-dealkylation sites (N-methyl/N-ethyl adjacent to an activating group) is 1. The number of carbonyl (C=O) groups is 1. The number of nitrogens with zero attached hydrogens (tertiary/aromatic N) is 1. The Morgan fingerprint density at radius 1 is 1.47 bits per heavy atom. The van der Waals surface area contributed by atoms with Gasteiger partial charge in [0.1, 0.15) is 0 Å². The highest BCUT2D eigenvalue weighted by Gasteiger charge is 2.18. The minimum atomic E-state index is -0.404. The molecule has 0 saturated heterocycles.